The molecule has 1 rings (SSSR count). The lowest BCUT2D eigenvalue weighted by Crippen LogP contribution is -2.33. The average molecular weight is 341 g/mol. The highest BCUT2D eigenvalue weighted by atomic mass is 16.5. The lowest BCUT2D eigenvalue weighted by Gasteiger charge is -2.30. The van der Waals surface area contributed by atoms with Crippen molar-refractivity contribution in [2.24, 2.45) is 23.7 Å². The third-order valence-corrected chi connectivity index (χ3v) is 5.48. The molecule has 0 amide bonds. The maximum atomic E-state index is 12.5. The Morgan fingerprint density at radius 3 is 2.38 bits per heavy atom. The van der Waals surface area contributed by atoms with Crippen LogP contribution in [0, 0.1) is 23.7 Å². The van der Waals surface area contributed by atoms with Gasteiger partial charge in [-0.3, -0.25) is 9.59 Å². The van der Waals surface area contributed by atoms with Gasteiger partial charge in [-0.05, 0) is 37.5 Å². The number of carboxylic acids is 1. The molecule has 0 aromatic heterocycles. The van der Waals surface area contributed by atoms with E-state index in [2.05, 4.69) is 27.7 Å². The second kappa shape index (κ2) is 10.7. The molecule has 4 nitrogen and oxygen atoms in total. The van der Waals surface area contributed by atoms with Gasteiger partial charge < -0.3 is 9.84 Å². The third kappa shape index (κ3) is 6.82. The van der Waals surface area contributed by atoms with E-state index < -0.39 is 5.97 Å². The van der Waals surface area contributed by atoms with E-state index >= 15 is 0 Å². The Hall–Kier alpha value is -1.06. The average Bonchev–Trinajstić information content (AvgIpc) is 2.57. The summed E-state index contributed by atoms with van der Waals surface area (Å²) in [4.78, 5) is 23.7. The molecule has 4 atom stereocenters. The molecule has 1 N–H and O–H groups in total. The van der Waals surface area contributed by atoms with E-state index in [-0.39, 0.29) is 23.9 Å². The number of esters is 1. The van der Waals surface area contributed by atoms with Gasteiger partial charge in [0.1, 0.15) is 6.10 Å². The van der Waals surface area contributed by atoms with Crippen LogP contribution in [0.3, 0.4) is 0 Å². The molecule has 0 aromatic rings. The van der Waals surface area contributed by atoms with E-state index in [4.69, 9.17) is 4.74 Å². The number of carbonyl (C=O) groups excluding carboxylic acids is 1. The first-order chi connectivity index (χ1) is 11.4. The Kier molecular flexibility index (Phi) is 9.38. The minimum absolute atomic E-state index is 0.0514. The highest BCUT2D eigenvalue weighted by Gasteiger charge is 2.33. The molecule has 1 aliphatic carbocycles. The van der Waals surface area contributed by atoms with Crippen molar-refractivity contribution >= 4 is 11.9 Å². The van der Waals surface area contributed by atoms with Crippen LogP contribution in [0.25, 0.3) is 0 Å². The van der Waals surface area contributed by atoms with Crippen LogP contribution in [0.4, 0.5) is 0 Å². The van der Waals surface area contributed by atoms with E-state index in [1.165, 1.54) is 19.3 Å². The number of carbonyl (C=O) groups is 2. The Morgan fingerprint density at radius 2 is 1.83 bits per heavy atom. The van der Waals surface area contributed by atoms with Crippen LogP contribution in [0.2, 0.25) is 0 Å². The number of carboxylic acid groups (broad SMARTS) is 1. The van der Waals surface area contributed by atoms with E-state index in [0.29, 0.717) is 24.7 Å². The predicted molar refractivity (Wildman–Crippen MR) is 95.7 cm³/mol. The topological polar surface area (TPSA) is 63.6 Å². The molecule has 1 saturated carbocycles. The SMILES string of the molecule is CCCCC(CC)CC(OC(=O)C1CCCC(C(=O)O)C1)C(C)C. The molecule has 1 fully saturated rings. The van der Waals surface area contributed by atoms with Crippen molar-refractivity contribution in [2.45, 2.75) is 91.6 Å². The van der Waals surface area contributed by atoms with Gasteiger partial charge in [0.25, 0.3) is 0 Å². The number of hydrogen-bond donors (Lipinski definition) is 1. The smallest absolute Gasteiger partial charge is 0.309 e. The van der Waals surface area contributed by atoms with E-state index in [9.17, 15) is 14.7 Å². The van der Waals surface area contributed by atoms with Crippen LogP contribution >= 0.6 is 0 Å². The lowest BCUT2D eigenvalue weighted by atomic mass is 9.81. The minimum atomic E-state index is -0.779. The molecule has 0 radical (unpaired) electrons. The number of hydrogen-bond acceptors (Lipinski definition) is 3. The molecular formula is C20H36O4. The van der Waals surface area contributed by atoms with Crippen molar-refractivity contribution in [1.29, 1.82) is 0 Å². The Morgan fingerprint density at radius 1 is 1.17 bits per heavy atom. The van der Waals surface area contributed by atoms with Gasteiger partial charge in [0.2, 0.25) is 0 Å². The summed E-state index contributed by atoms with van der Waals surface area (Å²) in [6.45, 7) is 8.61. The third-order valence-electron chi connectivity index (χ3n) is 5.48. The second-order valence-electron chi connectivity index (χ2n) is 7.77. The van der Waals surface area contributed by atoms with Crippen molar-refractivity contribution in [1.82, 2.24) is 0 Å². The number of ether oxygens (including phenoxy) is 1. The van der Waals surface area contributed by atoms with E-state index in [1.807, 2.05) is 0 Å². The van der Waals surface area contributed by atoms with Gasteiger partial charge in [0.05, 0.1) is 11.8 Å². The molecule has 0 aliphatic heterocycles. The molecule has 140 valence electrons. The zero-order chi connectivity index (χ0) is 18.1. The standard InChI is InChI=1S/C20H36O4/c1-5-7-9-15(6-2)12-18(14(3)4)24-20(23)17-11-8-10-16(13-17)19(21)22/h14-18H,5-13H2,1-4H3,(H,21,22). The summed E-state index contributed by atoms with van der Waals surface area (Å²) >= 11 is 0. The van der Waals surface area contributed by atoms with Gasteiger partial charge in [-0.25, -0.2) is 0 Å². The number of unbranched alkanes of at least 4 members (excludes halogenated alkanes) is 1. The maximum Gasteiger partial charge on any atom is 0.309 e. The van der Waals surface area contributed by atoms with Gasteiger partial charge >= 0.3 is 11.9 Å². The van der Waals surface area contributed by atoms with Crippen molar-refractivity contribution in [3.05, 3.63) is 0 Å². The van der Waals surface area contributed by atoms with Gasteiger partial charge in [-0.15, -0.1) is 0 Å². The quantitative estimate of drug-likeness (QED) is 0.565. The van der Waals surface area contributed by atoms with Crippen molar-refractivity contribution < 1.29 is 19.4 Å². The summed E-state index contributed by atoms with van der Waals surface area (Å²) in [5.74, 6) is -0.686. The molecule has 0 saturated heterocycles. The van der Waals surface area contributed by atoms with Crippen LogP contribution in [-0.4, -0.2) is 23.1 Å². The lowest BCUT2D eigenvalue weighted by molar-refractivity contribution is -0.160. The highest BCUT2D eigenvalue weighted by Crippen LogP contribution is 2.32. The fourth-order valence-electron chi connectivity index (χ4n) is 3.64. The van der Waals surface area contributed by atoms with Crippen LogP contribution in [0.15, 0.2) is 0 Å². The van der Waals surface area contributed by atoms with Crippen LogP contribution in [-0.2, 0) is 14.3 Å². The summed E-state index contributed by atoms with van der Waals surface area (Å²) in [6, 6.07) is 0. The normalized spacial score (nSPS) is 23.7. The molecule has 0 aromatic carbocycles. The van der Waals surface area contributed by atoms with Gasteiger partial charge in [0.15, 0.2) is 0 Å². The van der Waals surface area contributed by atoms with Crippen LogP contribution < -0.4 is 0 Å². The molecular weight excluding hydrogens is 304 g/mol. The molecule has 1 aliphatic rings. The molecule has 4 unspecified atom stereocenters. The fraction of sp³-hybridized carbons (Fsp3) is 0.900. The second-order valence-corrected chi connectivity index (χ2v) is 7.77. The fourth-order valence-corrected chi connectivity index (χ4v) is 3.64. The zero-order valence-electron chi connectivity index (χ0n) is 15.9. The van der Waals surface area contributed by atoms with Gasteiger partial charge in [-0.2, -0.15) is 0 Å². The van der Waals surface area contributed by atoms with Crippen molar-refractivity contribution in [3.8, 4) is 0 Å². The summed E-state index contributed by atoms with van der Waals surface area (Å²) in [5.41, 5.74) is 0. The summed E-state index contributed by atoms with van der Waals surface area (Å²) in [5, 5.41) is 9.19. The summed E-state index contributed by atoms with van der Waals surface area (Å²) in [6.07, 6.45) is 8.29. The first-order valence-electron chi connectivity index (χ1n) is 9.82. The molecule has 24 heavy (non-hydrogen) atoms. The molecule has 0 spiro atoms. The first kappa shape index (κ1) is 21.0. The molecule has 4 heteroatoms. The first-order valence-corrected chi connectivity index (χ1v) is 9.82. The highest BCUT2D eigenvalue weighted by molar-refractivity contribution is 5.75. The molecule has 0 bridgehead atoms. The maximum absolute atomic E-state index is 12.5. The van der Waals surface area contributed by atoms with Crippen molar-refractivity contribution in [2.75, 3.05) is 0 Å². The van der Waals surface area contributed by atoms with Crippen LogP contribution in [0.5, 0.6) is 0 Å². The Bertz CT molecular complexity index is 391. The Labute approximate surface area is 147 Å². The van der Waals surface area contributed by atoms with Crippen molar-refractivity contribution in [3.63, 3.8) is 0 Å². The number of aliphatic carboxylic acids is 1. The van der Waals surface area contributed by atoms with E-state index in [1.54, 1.807) is 0 Å². The summed E-state index contributed by atoms with van der Waals surface area (Å²) < 4.78 is 5.86. The predicted octanol–water partition coefficient (Wildman–Crippen LogP) is 5.05. The van der Waals surface area contributed by atoms with E-state index in [0.717, 1.165) is 25.7 Å². The van der Waals surface area contributed by atoms with Crippen LogP contribution in [0.1, 0.15) is 85.5 Å². The monoisotopic (exact) mass is 340 g/mol. The zero-order valence-corrected chi connectivity index (χ0v) is 15.9. The minimum Gasteiger partial charge on any atom is -0.481 e. The number of rotatable bonds is 10. The van der Waals surface area contributed by atoms with Gasteiger partial charge in [-0.1, -0.05) is 59.8 Å². The molecule has 0 heterocycles. The summed E-state index contributed by atoms with van der Waals surface area (Å²) in [7, 11) is 0. The largest absolute Gasteiger partial charge is 0.481 e. The van der Waals surface area contributed by atoms with Gasteiger partial charge in [0, 0.05) is 0 Å². The Balaban J connectivity index is 2.60.